The first-order chi connectivity index (χ1) is 8.25. The lowest BCUT2D eigenvalue weighted by atomic mass is 10.1. The van der Waals surface area contributed by atoms with Crippen LogP contribution in [0.3, 0.4) is 0 Å². The number of nitrogens with one attached hydrogen (secondary N) is 1. The number of hydrogen-bond acceptors (Lipinski definition) is 3. The van der Waals surface area contributed by atoms with E-state index in [9.17, 15) is 0 Å². The van der Waals surface area contributed by atoms with E-state index in [1.807, 2.05) is 11.7 Å². The Bertz CT molecular complexity index is 539. The Morgan fingerprint density at radius 1 is 1.41 bits per heavy atom. The second kappa shape index (κ2) is 4.18. The molecule has 0 aliphatic carbocycles. The summed E-state index contributed by atoms with van der Waals surface area (Å²) in [6.45, 7) is 3.20. The van der Waals surface area contributed by atoms with Crippen molar-refractivity contribution in [1.29, 1.82) is 0 Å². The summed E-state index contributed by atoms with van der Waals surface area (Å²) in [7, 11) is 2.03. The van der Waals surface area contributed by atoms with Crippen LogP contribution in [-0.4, -0.2) is 16.3 Å². The summed E-state index contributed by atoms with van der Waals surface area (Å²) in [6, 6.07) is 2.23. The van der Waals surface area contributed by atoms with Crippen molar-refractivity contribution in [3.05, 3.63) is 22.6 Å². The summed E-state index contributed by atoms with van der Waals surface area (Å²) >= 11 is 1.79. The Labute approximate surface area is 105 Å². The molecular formula is C13H17N3S. The van der Waals surface area contributed by atoms with E-state index in [0.717, 1.165) is 13.0 Å². The second-order valence-corrected chi connectivity index (χ2v) is 5.58. The minimum Gasteiger partial charge on any atom is -0.370 e. The Hall–Kier alpha value is -1.29. The molecule has 1 aliphatic rings. The van der Waals surface area contributed by atoms with Crippen molar-refractivity contribution in [2.75, 3.05) is 11.9 Å². The summed E-state index contributed by atoms with van der Waals surface area (Å²) in [5, 5.41) is 10.4. The molecule has 0 atom stereocenters. The number of aryl methyl sites for hydroxylation is 2. The molecule has 0 unspecified atom stereocenters. The molecule has 2 aromatic rings. The van der Waals surface area contributed by atoms with Crippen molar-refractivity contribution in [1.82, 2.24) is 9.78 Å². The van der Waals surface area contributed by atoms with E-state index < -0.39 is 0 Å². The van der Waals surface area contributed by atoms with Gasteiger partial charge in [-0.15, -0.1) is 11.3 Å². The Kier molecular flexibility index (Phi) is 2.67. The molecule has 0 bridgehead atoms. The highest BCUT2D eigenvalue weighted by atomic mass is 32.1. The van der Waals surface area contributed by atoms with E-state index in [2.05, 4.69) is 28.8 Å². The van der Waals surface area contributed by atoms with Crippen LogP contribution in [-0.2, 0) is 13.5 Å². The number of fused-ring (bicyclic) bond motifs is 1. The number of anilines is 1. The summed E-state index contributed by atoms with van der Waals surface area (Å²) < 4.78 is 1.99. The zero-order valence-electron chi connectivity index (χ0n) is 10.3. The standard InChI is InChI=1S/C13H17N3S/c1-9-7-11(17-8-9)12-10-5-3-4-6-14-13(10)16(2)15-12/h7-8,14H,3-6H2,1-2H3. The predicted octanol–water partition coefficient (Wildman–Crippen LogP) is 3.21. The first kappa shape index (κ1) is 10.8. The number of hydrogen-bond donors (Lipinski definition) is 1. The van der Waals surface area contributed by atoms with Crippen LogP contribution >= 0.6 is 11.3 Å². The highest BCUT2D eigenvalue weighted by Gasteiger charge is 2.19. The van der Waals surface area contributed by atoms with Gasteiger partial charge in [-0.05, 0) is 43.2 Å². The first-order valence-corrected chi connectivity index (χ1v) is 6.99. The Morgan fingerprint density at radius 3 is 3.06 bits per heavy atom. The molecule has 0 amide bonds. The normalized spacial score (nSPS) is 15.2. The quantitative estimate of drug-likeness (QED) is 0.838. The van der Waals surface area contributed by atoms with Gasteiger partial charge in [0.2, 0.25) is 0 Å². The topological polar surface area (TPSA) is 29.9 Å². The van der Waals surface area contributed by atoms with Crippen LogP contribution in [0.2, 0.25) is 0 Å². The van der Waals surface area contributed by atoms with Gasteiger partial charge in [0, 0.05) is 19.2 Å². The number of nitrogens with zero attached hydrogens (tertiary/aromatic N) is 2. The van der Waals surface area contributed by atoms with Gasteiger partial charge in [0.15, 0.2) is 0 Å². The maximum absolute atomic E-state index is 4.68. The van der Waals surface area contributed by atoms with E-state index in [-0.39, 0.29) is 0 Å². The van der Waals surface area contributed by atoms with Crippen LogP contribution in [0.5, 0.6) is 0 Å². The SMILES string of the molecule is Cc1csc(-c2nn(C)c3c2CCCCN3)c1. The highest BCUT2D eigenvalue weighted by molar-refractivity contribution is 7.13. The van der Waals surface area contributed by atoms with Gasteiger partial charge in [-0.1, -0.05) is 0 Å². The fourth-order valence-electron chi connectivity index (χ4n) is 2.41. The van der Waals surface area contributed by atoms with E-state index >= 15 is 0 Å². The average molecular weight is 247 g/mol. The van der Waals surface area contributed by atoms with Crippen LogP contribution < -0.4 is 5.32 Å². The van der Waals surface area contributed by atoms with Crippen LogP contribution in [0.1, 0.15) is 24.0 Å². The molecular weight excluding hydrogens is 230 g/mol. The lowest BCUT2D eigenvalue weighted by Crippen LogP contribution is -2.04. The molecule has 0 saturated heterocycles. The van der Waals surface area contributed by atoms with Gasteiger partial charge in [0.25, 0.3) is 0 Å². The van der Waals surface area contributed by atoms with Crippen molar-refractivity contribution in [3.8, 4) is 10.6 Å². The summed E-state index contributed by atoms with van der Waals surface area (Å²) in [6.07, 6.45) is 3.64. The molecule has 0 aromatic carbocycles. The highest BCUT2D eigenvalue weighted by Crippen LogP contribution is 2.34. The maximum atomic E-state index is 4.68. The largest absolute Gasteiger partial charge is 0.370 e. The van der Waals surface area contributed by atoms with Gasteiger partial charge in [-0.2, -0.15) is 5.10 Å². The Morgan fingerprint density at radius 2 is 2.29 bits per heavy atom. The lowest BCUT2D eigenvalue weighted by Gasteiger charge is -2.03. The molecule has 3 rings (SSSR count). The summed E-state index contributed by atoms with van der Waals surface area (Å²) in [5.41, 5.74) is 3.90. The first-order valence-electron chi connectivity index (χ1n) is 6.11. The fourth-order valence-corrected chi connectivity index (χ4v) is 3.32. The molecule has 2 aromatic heterocycles. The van der Waals surface area contributed by atoms with E-state index in [0.29, 0.717) is 0 Å². The second-order valence-electron chi connectivity index (χ2n) is 4.67. The third-order valence-corrected chi connectivity index (χ3v) is 4.31. The molecule has 1 N–H and O–H groups in total. The zero-order valence-corrected chi connectivity index (χ0v) is 11.1. The summed E-state index contributed by atoms with van der Waals surface area (Å²) in [4.78, 5) is 1.29. The van der Waals surface area contributed by atoms with Gasteiger partial charge in [-0.25, -0.2) is 0 Å². The molecule has 0 saturated carbocycles. The van der Waals surface area contributed by atoms with Crippen LogP contribution in [0.25, 0.3) is 10.6 Å². The molecule has 3 heterocycles. The average Bonchev–Trinajstić information content (AvgIpc) is 2.75. The summed E-state index contributed by atoms with van der Waals surface area (Å²) in [5.74, 6) is 1.21. The molecule has 0 spiro atoms. The van der Waals surface area contributed by atoms with Crippen molar-refractivity contribution in [2.24, 2.45) is 7.05 Å². The minimum absolute atomic E-state index is 1.06. The number of thiophene rings is 1. The van der Waals surface area contributed by atoms with E-state index in [4.69, 9.17) is 0 Å². The van der Waals surface area contributed by atoms with Crippen molar-refractivity contribution < 1.29 is 0 Å². The van der Waals surface area contributed by atoms with Gasteiger partial charge >= 0.3 is 0 Å². The molecule has 4 heteroatoms. The van der Waals surface area contributed by atoms with Gasteiger partial charge in [0.1, 0.15) is 11.5 Å². The minimum atomic E-state index is 1.06. The lowest BCUT2D eigenvalue weighted by molar-refractivity contribution is 0.757. The van der Waals surface area contributed by atoms with Gasteiger partial charge in [-0.3, -0.25) is 4.68 Å². The monoisotopic (exact) mass is 247 g/mol. The van der Waals surface area contributed by atoms with Crippen LogP contribution in [0, 0.1) is 6.92 Å². The molecule has 1 aliphatic heterocycles. The van der Waals surface area contributed by atoms with Crippen LogP contribution in [0.4, 0.5) is 5.82 Å². The third kappa shape index (κ3) is 1.86. The fraction of sp³-hybridized carbons (Fsp3) is 0.462. The molecule has 17 heavy (non-hydrogen) atoms. The van der Waals surface area contributed by atoms with E-state index in [1.165, 1.54) is 40.4 Å². The van der Waals surface area contributed by atoms with Crippen molar-refractivity contribution >= 4 is 17.2 Å². The smallest absolute Gasteiger partial charge is 0.127 e. The third-order valence-electron chi connectivity index (χ3n) is 3.26. The van der Waals surface area contributed by atoms with Crippen molar-refractivity contribution in [3.63, 3.8) is 0 Å². The van der Waals surface area contributed by atoms with Crippen molar-refractivity contribution in [2.45, 2.75) is 26.2 Å². The molecule has 90 valence electrons. The molecule has 0 fully saturated rings. The molecule has 0 radical (unpaired) electrons. The van der Waals surface area contributed by atoms with Gasteiger partial charge in [0.05, 0.1) is 4.88 Å². The molecule has 3 nitrogen and oxygen atoms in total. The van der Waals surface area contributed by atoms with Gasteiger partial charge < -0.3 is 5.32 Å². The maximum Gasteiger partial charge on any atom is 0.127 e. The number of aromatic nitrogens is 2. The van der Waals surface area contributed by atoms with E-state index in [1.54, 1.807) is 11.3 Å². The van der Waals surface area contributed by atoms with Crippen LogP contribution in [0.15, 0.2) is 11.4 Å². The number of rotatable bonds is 1. The zero-order chi connectivity index (χ0) is 11.8. The predicted molar refractivity (Wildman–Crippen MR) is 72.7 cm³/mol. The Balaban J connectivity index is 2.11.